The Morgan fingerprint density at radius 2 is 1.52 bits per heavy atom. The molecule has 0 saturated heterocycles. The fourth-order valence-corrected chi connectivity index (χ4v) is 7.02. The van der Waals surface area contributed by atoms with Crippen molar-refractivity contribution in [3.8, 4) is 0 Å². The molecule has 1 N–H and O–H groups in total. The molecule has 0 aliphatic heterocycles. The highest BCUT2D eigenvalue weighted by molar-refractivity contribution is 7.89. The summed E-state index contributed by atoms with van der Waals surface area (Å²) >= 11 is 12.0. The number of hydrogen-bond donors (Lipinski definition) is 1. The third-order valence-corrected chi connectivity index (χ3v) is 8.24. The Balaban J connectivity index is 1.94. The minimum atomic E-state index is -3.86. The summed E-state index contributed by atoms with van der Waals surface area (Å²) in [7, 11) is -3.86. The smallest absolute Gasteiger partial charge is 0.244 e. The van der Waals surface area contributed by atoms with Crippen LogP contribution in [0.5, 0.6) is 0 Å². The number of rotatable bonds is 6. The molecule has 5 nitrogen and oxygen atoms in total. The molecule has 168 valence electrons. The van der Waals surface area contributed by atoms with E-state index in [0.29, 0.717) is 31.8 Å². The van der Waals surface area contributed by atoms with Crippen LogP contribution in [-0.4, -0.2) is 31.2 Å². The number of benzene rings is 2. The van der Waals surface area contributed by atoms with Crippen LogP contribution in [0.2, 0.25) is 10.0 Å². The quantitative estimate of drug-likeness (QED) is 0.558. The molecule has 1 aliphatic carbocycles. The van der Waals surface area contributed by atoms with E-state index in [9.17, 15) is 13.2 Å². The van der Waals surface area contributed by atoms with E-state index in [2.05, 4.69) is 5.32 Å². The van der Waals surface area contributed by atoms with Gasteiger partial charge in [0.15, 0.2) is 0 Å². The van der Waals surface area contributed by atoms with Crippen molar-refractivity contribution in [1.82, 2.24) is 4.31 Å². The van der Waals surface area contributed by atoms with Crippen LogP contribution in [0.4, 0.5) is 5.69 Å². The topological polar surface area (TPSA) is 66.5 Å². The third kappa shape index (κ3) is 5.80. The lowest BCUT2D eigenvalue weighted by molar-refractivity contribution is -0.116. The first kappa shape index (κ1) is 24.1. The number of halogens is 2. The number of hydrogen-bond acceptors (Lipinski definition) is 3. The van der Waals surface area contributed by atoms with Gasteiger partial charge in [-0.1, -0.05) is 60.2 Å². The third-order valence-electron chi connectivity index (χ3n) is 5.60. The molecular formula is C23H28Cl2N2O3S. The zero-order valence-electron chi connectivity index (χ0n) is 18.0. The molecule has 0 atom stereocenters. The zero-order chi connectivity index (χ0) is 22.8. The van der Waals surface area contributed by atoms with E-state index in [4.69, 9.17) is 23.2 Å². The normalized spacial score (nSPS) is 15.3. The van der Waals surface area contributed by atoms with Crippen molar-refractivity contribution in [3.63, 3.8) is 0 Å². The first-order chi connectivity index (χ1) is 14.6. The number of carbonyl (C=O) groups is 1. The highest BCUT2D eigenvalue weighted by atomic mass is 35.5. The first-order valence-electron chi connectivity index (χ1n) is 10.4. The second-order valence-corrected chi connectivity index (χ2v) is 11.0. The van der Waals surface area contributed by atoms with E-state index in [1.807, 2.05) is 19.1 Å². The summed E-state index contributed by atoms with van der Waals surface area (Å²) in [4.78, 5) is 13.2. The van der Waals surface area contributed by atoms with Crippen molar-refractivity contribution in [2.24, 2.45) is 0 Å². The van der Waals surface area contributed by atoms with Crippen LogP contribution in [0.15, 0.2) is 35.2 Å². The largest absolute Gasteiger partial charge is 0.325 e. The molecule has 1 aliphatic rings. The lowest BCUT2D eigenvalue weighted by atomic mass is 9.95. The molecule has 1 fully saturated rings. The molecule has 3 rings (SSSR count). The van der Waals surface area contributed by atoms with E-state index < -0.39 is 15.9 Å². The highest BCUT2D eigenvalue weighted by Gasteiger charge is 2.35. The van der Waals surface area contributed by atoms with Crippen molar-refractivity contribution in [2.75, 3.05) is 11.9 Å². The fourth-order valence-electron chi connectivity index (χ4n) is 4.44. The van der Waals surface area contributed by atoms with Gasteiger partial charge in [0, 0.05) is 21.8 Å². The van der Waals surface area contributed by atoms with Crippen LogP contribution < -0.4 is 5.32 Å². The fraction of sp³-hybridized carbons (Fsp3) is 0.435. The summed E-state index contributed by atoms with van der Waals surface area (Å²) in [5.41, 5.74) is 2.83. The second-order valence-electron chi connectivity index (χ2n) is 8.28. The molecule has 2 aromatic carbocycles. The van der Waals surface area contributed by atoms with Crippen molar-refractivity contribution >= 4 is 44.8 Å². The molecule has 2 aromatic rings. The molecule has 0 heterocycles. The van der Waals surface area contributed by atoms with Gasteiger partial charge in [-0.15, -0.1) is 0 Å². The molecule has 8 heteroatoms. The number of aryl methyl sites for hydroxylation is 3. The van der Waals surface area contributed by atoms with E-state index in [-0.39, 0.29) is 12.6 Å². The van der Waals surface area contributed by atoms with Crippen LogP contribution in [0.3, 0.4) is 0 Å². The van der Waals surface area contributed by atoms with Gasteiger partial charge >= 0.3 is 0 Å². The number of sulfonamides is 1. The molecule has 0 spiro atoms. The molecule has 0 radical (unpaired) electrons. The first-order valence-corrected chi connectivity index (χ1v) is 12.6. The Morgan fingerprint density at radius 1 is 0.968 bits per heavy atom. The monoisotopic (exact) mass is 482 g/mol. The maximum Gasteiger partial charge on any atom is 0.244 e. The summed E-state index contributed by atoms with van der Waals surface area (Å²) in [5, 5.41) is 3.53. The second kappa shape index (κ2) is 9.90. The van der Waals surface area contributed by atoms with Crippen molar-refractivity contribution < 1.29 is 13.2 Å². The Morgan fingerprint density at radius 3 is 2.06 bits per heavy atom. The van der Waals surface area contributed by atoms with Crippen LogP contribution in [0.1, 0.15) is 48.8 Å². The molecule has 0 aromatic heterocycles. The number of carbonyl (C=O) groups excluding carboxylic acids is 1. The van der Waals surface area contributed by atoms with Gasteiger partial charge in [0.2, 0.25) is 15.9 Å². The van der Waals surface area contributed by atoms with Gasteiger partial charge < -0.3 is 5.32 Å². The van der Waals surface area contributed by atoms with Crippen molar-refractivity contribution in [1.29, 1.82) is 0 Å². The summed E-state index contributed by atoms with van der Waals surface area (Å²) in [6.45, 7) is 5.29. The Labute approximate surface area is 194 Å². The zero-order valence-corrected chi connectivity index (χ0v) is 20.4. The lowest BCUT2D eigenvalue weighted by Crippen LogP contribution is -2.46. The molecule has 0 bridgehead atoms. The average molecular weight is 483 g/mol. The van der Waals surface area contributed by atoms with Crippen LogP contribution in [-0.2, 0) is 14.8 Å². The Hall–Kier alpha value is -1.60. The summed E-state index contributed by atoms with van der Waals surface area (Å²) in [6.07, 6.45) is 4.49. The standard InChI is InChI=1S/C23H28Cl2N2O3S/c1-15-9-16(2)23(17(3)10-15)31(29,30)27(21-7-5-4-6-8-21)14-22(28)26-20-12-18(24)11-19(25)13-20/h9-13,21H,4-8,14H2,1-3H3,(H,26,28). The minimum Gasteiger partial charge on any atom is -0.325 e. The van der Waals surface area contributed by atoms with Crippen LogP contribution >= 0.6 is 23.2 Å². The molecule has 0 unspecified atom stereocenters. The minimum absolute atomic E-state index is 0.201. The Kier molecular flexibility index (Phi) is 7.68. The average Bonchev–Trinajstić information content (AvgIpc) is 2.64. The van der Waals surface area contributed by atoms with Gasteiger partial charge in [-0.05, 0) is 62.9 Å². The highest BCUT2D eigenvalue weighted by Crippen LogP contribution is 2.31. The number of nitrogens with zero attached hydrogens (tertiary/aromatic N) is 1. The van der Waals surface area contributed by atoms with Gasteiger partial charge in [-0.25, -0.2) is 8.42 Å². The van der Waals surface area contributed by atoms with E-state index in [1.165, 1.54) is 4.31 Å². The van der Waals surface area contributed by atoms with Gasteiger partial charge in [0.25, 0.3) is 0 Å². The predicted octanol–water partition coefficient (Wildman–Crippen LogP) is 5.88. The number of amides is 1. The lowest BCUT2D eigenvalue weighted by Gasteiger charge is -2.33. The van der Waals surface area contributed by atoms with Gasteiger partial charge in [0.1, 0.15) is 0 Å². The van der Waals surface area contributed by atoms with Crippen LogP contribution in [0, 0.1) is 20.8 Å². The van der Waals surface area contributed by atoms with Crippen LogP contribution in [0.25, 0.3) is 0 Å². The predicted molar refractivity (Wildman–Crippen MR) is 127 cm³/mol. The van der Waals surface area contributed by atoms with E-state index in [0.717, 1.165) is 37.7 Å². The van der Waals surface area contributed by atoms with Gasteiger partial charge in [-0.2, -0.15) is 4.31 Å². The SMILES string of the molecule is Cc1cc(C)c(S(=O)(=O)N(CC(=O)Nc2cc(Cl)cc(Cl)c2)C2CCCCC2)c(C)c1. The molecule has 31 heavy (non-hydrogen) atoms. The molecular weight excluding hydrogens is 455 g/mol. The van der Waals surface area contributed by atoms with E-state index >= 15 is 0 Å². The molecule has 1 saturated carbocycles. The number of nitrogens with one attached hydrogen (secondary N) is 1. The Bertz CT molecular complexity index is 1040. The maximum absolute atomic E-state index is 13.8. The summed E-state index contributed by atoms with van der Waals surface area (Å²) in [5.74, 6) is -0.421. The summed E-state index contributed by atoms with van der Waals surface area (Å²) in [6, 6.07) is 8.27. The molecule has 1 amide bonds. The number of anilines is 1. The summed E-state index contributed by atoms with van der Waals surface area (Å²) < 4.78 is 29.0. The maximum atomic E-state index is 13.8. The van der Waals surface area contributed by atoms with Crippen molar-refractivity contribution in [2.45, 2.75) is 63.8 Å². The van der Waals surface area contributed by atoms with Gasteiger partial charge in [0.05, 0.1) is 11.4 Å². The van der Waals surface area contributed by atoms with Gasteiger partial charge in [-0.3, -0.25) is 4.79 Å². The van der Waals surface area contributed by atoms with E-state index in [1.54, 1.807) is 32.0 Å². The van der Waals surface area contributed by atoms with Crippen molar-refractivity contribution in [3.05, 3.63) is 57.1 Å².